The molecule has 0 amide bonds. The van der Waals surface area contributed by atoms with Crippen LogP contribution < -0.4 is 10.1 Å². The number of nitrogens with one attached hydrogen (secondary N) is 1. The molecule has 2 aromatic rings. The maximum atomic E-state index is 5.28. The van der Waals surface area contributed by atoms with E-state index in [1.165, 1.54) is 5.56 Å². The first-order valence-electron chi connectivity index (χ1n) is 6.11. The molecule has 1 N–H and O–H groups in total. The molecule has 0 bridgehead atoms. The van der Waals surface area contributed by atoms with Crippen molar-refractivity contribution in [1.29, 1.82) is 0 Å². The summed E-state index contributed by atoms with van der Waals surface area (Å²) in [6, 6.07) is 6.25. The van der Waals surface area contributed by atoms with Crippen LogP contribution in [0.2, 0.25) is 0 Å². The fraction of sp³-hybridized carbons (Fsp3) is 0.357. The molecule has 4 nitrogen and oxygen atoms in total. The second-order valence-corrected chi connectivity index (χ2v) is 5.29. The minimum absolute atomic E-state index is 0.218. The van der Waals surface area contributed by atoms with E-state index in [1.54, 1.807) is 7.11 Å². The van der Waals surface area contributed by atoms with Crippen LogP contribution in [0, 0.1) is 0 Å². The van der Waals surface area contributed by atoms with E-state index in [2.05, 4.69) is 32.3 Å². The summed E-state index contributed by atoms with van der Waals surface area (Å²) < 4.78 is 8.41. The number of benzene rings is 1. The van der Waals surface area contributed by atoms with Gasteiger partial charge in [-0.25, -0.2) is 4.98 Å². The predicted molar refractivity (Wildman–Crippen MR) is 79.4 cm³/mol. The van der Waals surface area contributed by atoms with Crippen molar-refractivity contribution >= 4 is 15.9 Å². The van der Waals surface area contributed by atoms with Crippen LogP contribution in [0.3, 0.4) is 0 Å². The molecule has 1 unspecified atom stereocenters. The molecule has 102 valence electrons. The lowest BCUT2D eigenvalue weighted by atomic mass is 10.0. The van der Waals surface area contributed by atoms with Gasteiger partial charge in [-0.2, -0.15) is 0 Å². The van der Waals surface area contributed by atoms with Crippen LogP contribution in [0.5, 0.6) is 5.75 Å². The van der Waals surface area contributed by atoms with Gasteiger partial charge in [0, 0.05) is 17.7 Å². The normalized spacial score (nSPS) is 12.4. The van der Waals surface area contributed by atoms with E-state index in [4.69, 9.17) is 4.74 Å². The highest BCUT2D eigenvalue weighted by Gasteiger charge is 2.15. The average Bonchev–Trinajstić information content (AvgIpc) is 2.84. The molecule has 0 aliphatic carbocycles. The number of ether oxygens (including phenoxy) is 1. The fourth-order valence-corrected chi connectivity index (χ4v) is 2.52. The number of imidazole rings is 1. The lowest BCUT2D eigenvalue weighted by molar-refractivity contribution is 0.413. The Morgan fingerprint density at radius 3 is 2.84 bits per heavy atom. The summed E-state index contributed by atoms with van der Waals surface area (Å²) in [5, 5.41) is 3.34. The number of nitrogens with zero attached hydrogens (tertiary/aromatic N) is 2. The first-order chi connectivity index (χ1) is 9.15. The Morgan fingerprint density at radius 2 is 2.26 bits per heavy atom. The molecule has 1 atom stereocenters. The SMILES string of the molecule is CNC(Cc1cc(OC)ccc1Br)c1cncn1C. The quantitative estimate of drug-likeness (QED) is 0.919. The second-order valence-electron chi connectivity index (χ2n) is 4.43. The first kappa shape index (κ1) is 14.1. The molecule has 0 aliphatic heterocycles. The van der Waals surface area contributed by atoms with Crippen molar-refractivity contribution in [3.63, 3.8) is 0 Å². The highest BCUT2D eigenvalue weighted by Crippen LogP contribution is 2.27. The number of hydrogen-bond donors (Lipinski definition) is 1. The Labute approximate surface area is 121 Å². The molecule has 2 rings (SSSR count). The van der Waals surface area contributed by atoms with Gasteiger partial charge in [-0.3, -0.25) is 0 Å². The van der Waals surface area contributed by atoms with Crippen LogP contribution in [0.15, 0.2) is 35.2 Å². The standard InChI is InChI=1S/C14H18BrN3O/c1-16-13(14-8-17-9-18(14)2)7-10-6-11(19-3)4-5-12(10)15/h4-6,8-9,13,16H,7H2,1-3H3. The maximum absolute atomic E-state index is 5.28. The lowest BCUT2D eigenvalue weighted by Crippen LogP contribution is -2.21. The summed E-state index contributed by atoms with van der Waals surface area (Å²) >= 11 is 3.59. The number of halogens is 1. The Morgan fingerprint density at radius 1 is 1.47 bits per heavy atom. The minimum atomic E-state index is 0.218. The fourth-order valence-electron chi connectivity index (χ4n) is 2.11. The van der Waals surface area contributed by atoms with E-state index in [9.17, 15) is 0 Å². The molecule has 0 aliphatic rings. The number of methoxy groups -OCH3 is 1. The first-order valence-corrected chi connectivity index (χ1v) is 6.91. The van der Waals surface area contributed by atoms with Gasteiger partial charge in [0.25, 0.3) is 0 Å². The van der Waals surface area contributed by atoms with Gasteiger partial charge < -0.3 is 14.6 Å². The predicted octanol–water partition coefficient (Wildman–Crippen LogP) is 2.69. The molecule has 0 fully saturated rings. The van der Waals surface area contributed by atoms with E-state index in [1.807, 2.05) is 43.3 Å². The Kier molecular flexibility index (Phi) is 4.61. The number of hydrogen-bond acceptors (Lipinski definition) is 3. The molecule has 1 heterocycles. The van der Waals surface area contributed by atoms with Gasteiger partial charge in [0.15, 0.2) is 0 Å². The van der Waals surface area contributed by atoms with Crippen molar-refractivity contribution in [2.24, 2.45) is 7.05 Å². The van der Waals surface area contributed by atoms with Gasteiger partial charge in [0.1, 0.15) is 5.75 Å². The number of rotatable bonds is 5. The van der Waals surface area contributed by atoms with E-state index >= 15 is 0 Å². The van der Waals surface area contributed by atoms with Gasteiger partial charge in [-0.15, -0.1) is 0 Å². The van der Waals surface area contributed by atoms with Crippen molar-refractivity contribution in [1.82, 2.24) is 14.9 Å². The van der Waals surface area contributed by atoms with Crippen LogP contribution >= 0.6 is 15.9 Å². The van der Waals surface area contributed by atoms with Gasteiger partial charge in [0.2, 0.25) is 0 Å². The molecule has 0 spiro atoms. The molecule has 1 aromatic carbocycles. The topological polar surface area (TPSA) is 39.1 Å². The molecule has 5 heteroatoms. The summed E-state index contributed by atoms with van der Waals surface area (Å²) in [5.41, 5.74) is 2.37. The zero-order valence-electron chi connectivity index (χ0n) is 11.4. The highest BCUT2D eigenvalue weighted by atomic mass is 79.9. The molecular weight excluding hydrogens is 306 g/mol. The minimum Gasteiger partial charge on any atom is -0.497 e. The van der Waals surface area contributed by atoms with Crippen LogP contribution in [0.1, 0.15) is 17.3 Å². The molecule has 19 heavy (non-hydrogen) atoms. The van der Waals surface area contributed by atoms with Crippen molar-refractivity contribution in [3.8, 4) is 5.75 Å². The Hall–Kier alpha value is -1.33. The number of aryl methyl sites for hydroxylation is 1. The van der Waals surface area contributed by atoms with Crippen molar-refractivity contribution < 1.29 is 4.74 Å². The van der Waals surface area contributed by atoms with Crippen molar-refractivity contribution in [2.75, 3.05) is 14.2 Å². The third-order valence-electron chi connectivity index (χ3n) is 3.24. The van der Waals surface area contributed by atoms with Crippen LogP contribution in [0.25, 0.3) is 0 Å². The summed E-state index contributed by atoms with van der Waals surface area (Å²) in [7, 11) is 5.66. The van der Waals surface area contributed by atoms with Gasteiger partial charge >= 0.3 is 0 Å². The van der Waals surface area contributed by atoms with Gasteiger partial charge in [0.05, 0.1) is 25.2 Å². The lowest BCUT2D eigenvalue weighted by Gasteiger charge is -2.18. The van der Waals surface area contributed by atoms with Crippen molar-refractivity contribution in [3.05, 3.63) is 46.5 Å². The third-order valence-corrected chi connectivity index (χ3v) is 4.01. The molecule has 1 aromatic heterocycles. The monoisotopic (exact) mass is 323 g/mol. The molecule has 0 saturated carbocycles. The van der Waals surface area contributed by atoms with Crippen LogP contribution in [-0.4, -0.2) is 23.7 Å². The Balaban J connectivity index is 2.26. The zero-order valence-corrected chi connectivity index (χ0v) is 12.9. The maximum Gasteiger partial charge on any atom is 0.119 e. The highest BCUT2D eigenvalue weighted by molar-refractivity contribution is 9.10. The van der Waals surface area contributed by atoms with Crippen LogP contribution in [0.4, 0.5) is 0 Å². The molecule has 0 radical (unpaired) electrons. The smallest absolute Gasteiger partial charge is 0.119 e. The summed E-state index contributed by atoms with van der Waals surface area (Å²) in [6.07, 6.45) is 4.59. The van der Waals surface area contributed by atoms with E-state index in [-0.39, 0.29) is 6.04 Å². The Bertz CT molecular complexity index is 553. The summed E-state index contributed by atoms with van der Waals surface area (Å²) in [5.74, 6) is 0.873. The van der Waals surface area contributed by atoms with E-state index in [0.717, 1.165) is 22.3 Å². The van der Waals surface area contributed by atoms with Gasteiger partial charge in [-0.05, 0) is 37.2 Å². The summed E-state index contributed by atoms with van der Waals surface area (Å²) in [4.78, 5) is 4.17. The molecular formula is C14H18BrN3O. The average molecular weight is 324 g/mol. The van der Waals surface area contributed by atoms with Crippen LogP contribution in [-0.2, 0) is 13.5 Å². The van der Waals surface area contributed by atoms with Gasteiger partial charge in [-0.1, -0.05) is 15.9 Å². The number of likely N-dealkylation sites (N-methyl/N-ethyl adjacent to an activating group) is 1. The van der Waals surface area contributed by atoms with Crippen molar-refractivity contribution in [2.45, 2.75) is 12.5 Å². The van der Waals surface area contributed by atoms with E-state index in [0.29, 0.717) is 0 Å². The third kappa shape index (κ3) is 3.16. The largest absolute Gasteiger partial charge is 0.497 e. The van der Waals surface area contributed by atoms with E-state index < -0.39 is 0 Å². The summed E-state index contributed by atoms with van der Waals surface area (Å²) in [6.45, 7) is 0. The number of aromatic nitrogens is 2. The second kappa shape index (κ2) is 6.21. The molecule has 0 saturated heterocycles. The zero-order chi connectivity index (χ0) is 13.8.